The Hall–Kier alpha value is -2.60. The van der Waals surface area contributed by atoms with Gasteiger partial charge in [-0.15, -0.1) is 0 Å². The lowest BCUT2D eigenvalue weighted by atomic mass is 10.3. The summed E-state index contributed by atoms with van der Waals surface area (Å²) in [5, 5.41) is 5.76. The van der Waals surface area contributed by atoms with Gasteiger partial charge in [-0.1, -0.05) is 35.9 Å². The second-order valence-corrected chi connectivity index (χ2v) is 5.52. The minimum atomic E-state index is -0.440. The third kappa shape index (κ3) is 4.96. The van der Waals surface area contributed by atoms with Crippen LogP contribution in [0.4, 0.5) is 15.8 Å². The number of carbonyl (C=O) groups is 2. The largest absolute Gasteiger partial charge is 0.374 e. The van der Waals surface area contributed by atoms with Crippen molar-refractivity contribution in [1.29, 1.82) is 0 Å². The molecule has 2 amide bonds. The van der Waals surface area contributed by atoms with Crippen molar-refractivity contribution < 1.29 is 14.0 Å². The van der Waals surface area contributed by atoms with Crippen LogP contribution in [0.25, 0.3) is 0 Å². The van der Waals surface area contributed by atoms with E-state index in [1.807, 2.05) is 0 Å². The topological polar surface area (TPSA) is 61.4 Å². The first-order chi connectivity index (χ1) is 11.5. The average molecular weight is 350 g/mol. The minimum Gasteiger partial charge on any atom is -0.374 e. The second kappa shape index (κ2) is 8.31. The molecule has 0 radical (unpaired) electrons. The van der Waals surface area contributed by atoms with E-state index in [1.54, 1.807) is 36.4 Å². The number of benzene rings is 2. The maximum Gasteiger partial charge on any atom is 0.244 e. The van der Waals surface area contributed by atoms with Crippen molar-refractivity contribution in [2.45, 2.75) is 0 Å². The van der Waals surface area contributed by atoms with Crippen LogP contribution in [0, 0.1) is 5.82 Å². The van der Waals surface area contributed by atoms with Crippen LogP contribution >= 0.6 is 11.6 Å². The molecule has 2 aromatic carbocycles. The molecular formula is C17H17ClFN3O2. The number of amides is 2. The zero-order valence-corrected chi connectivity index (χ0v) is 13.8. The van der Waals surface area contributed by atoms with Crippen molar-refractivity contribution in [3.05, 3.63) is 59.4 Å². The second-order valence-electron chi connectivity index (χ2n) is 5.11. The van der Waals surface area contributed by atoms with Crippen LogP contribution in [0.1, 0.15) is 0 Å². The van der Waals surface area contributed by atoms with Gasteiger partial charge in [0, 0.05) is 7.05 Å². The molecule has 2 rings (SSSR count). The van der Waals surface area contributed by atoms with Crippen LogP contribution in [0.2, 0.25) is 5.02 Å². The third-order valence-corrected chi connectivity index (χ3v) is 3.59. The highest BCUT2D eigenvalue weighted by Crippen LogP contribution is 2.20. The van der Waals surface area contributed by atoms with Crippen molar-refractivity contribution in [2.75, 3.05) is 30.8 Å². The van der Waals surface area contributed by atoms with E-state index in [2.05, 4.69) is 10.6 Å². The van der Waals surface area contributed by atoms with Gasteiger partial charge in [0.1, 0.15) is 5.82 Å². The van der Waals surface area contributed by atoms with Crippen LogP contribution < -0.4 is 10.6 Å². The van der Waals surface area contributed by atoms with Crippen LogP contribution in [0.5, 0.6) is 0 Å². The first-order valence-electron chi connectivity index (χ1n) is 7.24. The number of para-hydroxylation sites is 2. The van der Waals surface area contributed by atoms with Crippen LogP contribution in [-0.4, -0.2) is 36.9 Å². The van der Waals surface area contributed by atoms with Gasteiger partial charge in [0.05, 0.1) is 29.5 Å². The Kier molecular flexibility index (Phi) is 6.14. The summed E-state index contributed by atoms with van der Waals surface area (Å²) in [6.07, 6.45) is 0. The van der Waals surface area contributed by atoms with Gasteiger partial charge in [-0.25, -0.2) is 4.39 Å². The number of likely N-dealkylation sites (N-methyl/N-ethyl adjacent to an activating group) is 1. The van der Waals surface area contributed by atoms with Crippen molar-refractivity contribution in [3.63, 3.8) is 0 Å². The van der Waals surface area contributed by atoms with E-state index in [9.17, 15) is 14.0 Å². The number of nitrogens with one attached hydrogen (secondary N) is 2. The molecule has 0 aliphatic carbocycles. The van der Waals surface area contributed by atoms with Gasteiger partial charge >= 0.3 is 0 Å². The summed E-state index contributed by atoms with van der Waals surface area (Å²) in [6.45, 7) is -0.250. The zero-order valence-electron chi connectivity index (χ0n) is 13.1. The van der Waals surface area contributed by atoms with E-state index in [1.165, 1.54) is 24.1 Å². The molecule has 2 N–H and O–H groups in total. The Morgan fingerprint density at radius 3 is 2.38 bits per heavy atom. The molecule has 2 aromatic rings. The maximum absolute atomic E-state index is 13.5. The molecule has 126 valence electrons. The highest BCUT2D eigenvalue weighted by atomic mass is 35.5. The summed E-state index contributed by atoms with van der Waals surface area (Å²) in [5.74, 6) is -1.15. The molecule has 24 heavy (non-hydrogen) atoms. The lowest BCUT2D eigenvalue weighted by Crippen LogP contribution is -2.38. The third-order valence-electron chi connectivity index (χ3n) is 3.26. The fraction of sp³-hybridized carbons (Fsp3) is 0.176. The molecule has 0 saturated carbocycles. The molecule has 0 aliphatic rings. The van der Waals surface area contributed by atoms with Crippen LogP contribution in [0.15, 0.2) is 48.5 Å². The van der Waals surface area contributed by atoms with Crippen molar-refractivity contribution in [3.8, 4) is 0 Å². The summed E-state index contributed by atoms with van der Waals surface area (Å²) >= 11 is 5.96. The maximum atomic E-state index is 13.5. The summed E-state index contributed by atoms with van der Waals surface area (Å²) in [5.41, 5.74) is 0.717. The normalized spacial score (nSPS) is 10.1. The Bertz CT molecular complexity index is 739. The summed E-state index contributed by atoms with van der Waals surface area (Å²) < 4.78 is 13.5. The number of halogens is 2. The van der Waals surface area contributed by atoms with Crippen molar-refractivity contribution in [1.82, 2.24) is 4.90 Å². The summed E-state index contributed by atoms with van der Waals surface area (Å²) in [7, 11) is 1.50. The SMILES string of the molecule is CN(CC(=O)Nc1ccccc1Cl)C(=O)CNc1ccccc1F. The highest BCUT2D eigenvalue weighted by molar-refractivity contribution is 6.33. The summed E-state index contributed by atoms with van der Waals surface area (Å²) in [4.78, 5) is 25.2. The van der Waals surface area contributed by atoms with Gasteiger partial charge in [0.15, 0.2) is 0 Å². The molecule has 0 spiro atoms. The Labute approximate surface area is 144 Å². The highest BCUT2D eigenvalue weighted by Gasteiger charge is 2.14. The molecule has 0 aliphatic heterocycles. The minimum absolute atomic E-state index is 0.114. The van der Waals surface area contributed by atoms with Crippen LogP contribution in [-0.2, 0) is 9.59 Å². The van der Waals surface area contributed by atoms with Gasteiger partial charge in [0.2, 0.25) is 11.8 Å². The molecule has 5 nitrogen and oxygen atoms in total. The predicted molar refractivity (Wildman–Crippen MR) is 92.6 cm³/mol. The van der Waals surface area contributed by atoms with E-state index in [0.29, 0.717) is 10.7 Å². The number of anilines is 2. The number of carbonyl (C=O) groups excluding carboxylic acids is 2. The number of hydrogen-bond acceptors (Lipinski definition) is 3. The Balaban J connectivity index is 1.84. The Morgan fingerprint density at radius 1 is 1.08 bits per heavy atom. The molecule has 0 aromatic heterocycles. The average Bonchev–Trinajstić information content (AvgIpc) is 2.56. The van der Waals surface area contributed by atoms with Crippen LogP contribution in [0.3, 0.4) is 0 Å². The van der Waals surface area contributed by atoms with Gasteiger partial charge in [-0.2, -0.15) is 0 Å². The molecule has 0 heterocycles. The van der Waals surface area contributed by atoms with E-state index < -0.39 is 5.82 Å². The number of hydrogen-bond donors (Lipinski definition) is 2. The fourth-order valence-corrected chi connectivity index (χ4v) is 2.15. The predicted octanol–water partition coefficient (Wildman–Crippen LogP) is 2.99. The molecule has 0 fully saturated rings. The standard InChI is InChI=1S/C17H17ClFN3O2/c1-22(11-16(23)21-14-8-4-2-6-12(14)18)17(24)10-20-15-9-5-3-7-13(15)19/h2-9,20H,10-11H2,1H3,(H,21,23). The van der Waals surface area contributed by atoms with Crippen molar-refractivity contribution in [2.24, 2.45) is 0 Å². The summed E-state index contributed by atoms with van der Waals surface area (Å²) in [6, 6.07) is 12.9. The van der Waals surface area contributed by atoms with Gasteiger partial charge < -0.3 is 15.5 Å². The first kappa shape index (κ1) is 17.7. The quantitative estimate of drug-likeness (QED) is 0.842. The Morgan fingerprint density at radius 2 is 1.71 bits per heavy atom. The van der Waals surface area contributed by atoms with E-state index in [0.717, 1.165) is 0 Å². The van der Waals surface area contributed by atoms with Gasteiger partial charge in [-0.05, 0) is 24.3 Å². The van der Waals surface area contributed by atoms with E-state index >= 15 is 0 Å². The molecule has 0 bridgehead atoms. The number of rotatable bonds is 6. The lowest BCUT2D eigenvalue weighted by molar-refractivity contribution is -0.131. The smallest absolute Gasteiger partial charge is 0.244 e. The molecular weight excluding hydrogens is 333 g/mol. The zero-order chi connectivity index (χ0) is 17.5. The molecule has 0 atom stereocenters. The van der Waals surface area contributed by atoms with Crippen molar-refractivity contribution >= 4 is 34.8 Å². The van der Waals surface area contributed by atoms with E-state index in [-0.39, 0.29) is 30.6 Å². The monoisotopic (exact) mass is 349 g/mol. The first-order valence-corrected chi connectivity index (χ1v) is 7.62. The number of nitrogens with zero attached hydrogens (tertiary/aromatic N) is 1. The molecule has 0 unspecified atom stereocenters. The lowest BCUT2D eigenvalue weighted by Gasteiger charge is -2.18. The molecule has 7 heteroatoms. The van der Waals surface area contributed by atoms with Gasteiger partial charge in [-0.3, -0.25) is 9.59 Å². The van der Waals surface area contributed by atoms with Gasteiger partial charge in [0.25, 0.3) is 0 Å². The van der Waals surface area contributed by atoms with E-state index in [4.69, 9.17) is 11.6 Å². The molecule has 0 saturated heterocycles. The fourth-order valence-electron chi connectivity index (χ4n) is 1.97.